The van der Waals surface area contributed by atoms with Crippen molar-refractivity contribution in [1.29, 1.82) is 0 Å². The Labute approximate surface area is 103 Å². The van der Waals surface area contributed by atoms with E-state index in [1.165, 1.54) is 19.3 Å². The number of hydrogen-bond donors (Lipinski definition) is 1. The maximum atomic E-state index is 10.0. The summed E-state index contributed by atoms with van der Waals surface area (Å²) in [6.45, 7) is 3.01. The minimum Gasteiger partial charge on any atom is -0.387 e. The Morgan fingerprint density at radius 3 is 2.44 bits per heavy atom. The Morgan fingerprint density at radius 2 is 1.81 bits per heavy atom. The average molecular weight is 243 g/mol. The number of piperidine rings is 1. The molecule has 0 spiro atoms. The van der Waals surface area contributed by atoms with Crippen LogP contribution in [0.3, 0.4) is 0 Å². The van der Waals surface area contributed by atoms with Gasteiger partial charge >= 0.3 is 0 Å². The fourth-order valence-corrected chi connectivity index (χ4v) is 2.08. The Hall–Kier alpha value is -0.640. The van der Waals surface area contributed by atoms with Gasteiger partial charge in [0.25, 0.3) is 0 Å². The van der Waals surface area contributed by atoms with Gasteiger partial charge in [0.1, 0.15) is 0 Å². The van der Waals surface area contributed by atoms with Crippen molar-refractivity contribution < 1.29 is 5.11 Å². The van der Waals surface area contributed by atoms with Gasteiger partial charge in [-0.2, -0.15) is 0 Å². The van der Waals surface area contributed by atoms with Gasteiger partial charge in [0.2, 0.25) is 0 Å². The van der Waals surface area contributed by atoms with Crippen molar-refractivity contribution in [3.8, 4) is 0 Å². The summed E-state index contributed by atoms with van der Waals surface area (Å²) in [5.41, 5.74) is 0.968. The van der Waals surface area contributed by atoms with Crippen LogP contribution in [0, 0.1) is 0 Å². The minimum absolute atomic E-state index is 0. The van der Waals surface area contributed by atoms with Crippen LogP contribution in [-0.4, -0.2) is 34.6 Å². The Morgan fingerprint density at radius 1 is 1.19 bits per heavy atom. The number of aliphatic hydroxyl groups is 1. The molecule has 1 aromatic rings. The van der Waals surface area contributed by atoms with Crippen molar-refractivity contribution in [2.24, 2.45) is 0 Å². The molecule has 3 nitrogen and oxygen atoms in total. The summed E-state index contributed by atoms with van der Waals surface area (Å²) < 4.78 is 0. The monoisotopic (exact) mass is 242 g/mol. The maximum Gasteiger partial charge on any atom is 0.0918 e. The highest BCUT2D eigenvalue weighted by Gasteiger charge is 2.15. The second kappa shape index (κ2) is 6.84. The summed E-state index contributed by atoms with van der Waals surface area (Å²) >= 11 is 0. The first kappa shape index (κ1) is 13.4. The summed E-state index contributed by atoms with van der Waals surface area (Å²) in [4.78, 5) is 6.29. The maximum absolute atomic E-state index is 10.0. The highest BCUT2D eigenvalue weighted by Crippen LogP contribution is 2.16. The average Bonchev–Trinajstić information content (AvgIpc) is 2.31. The lowest BCUT2D eigenvalue weighted by molar-refractivity contribution is 0.101. The SMILES string of the molecule is Cl.OC(CN1CCCCC1)c1ccncc1. The summed E-state index contributed by atoms with van der Waals surface area (Å²) in [5, 5.41) is 10.0. The van der Waals surface area contributed by atoms with Crippen LogP contribution >= 0.6 is 12.4 Å². The Bertz CT molecular complexity index is 288. The second-order valence-corrected chi connectivity index (χ2v) is 4.16. The Balaban J connectivity index is 0.00000128. The third kappa shape index (κ3) is 3.74. The largest absolute Gasteiger partial charge is 0.387 e. The van der Waals surface area contributed by atoms with Gasteiger partial charge in [0.15, 0.2) is 0 Å². The van der Waals surface area contributed by atoms with Gasteiger partial charge in [0.05, 0.1) is 6.10 Å². The normalized spacial score (nSPS) is 18.8. The first-order valence-electron chi connectivity index (χ1n) is 5.66. The van der Waals surface area contributed by atoms with E-state index in [4.69, 9.17) is 0 Å². The fourth-order valence-electron chi connectivity index (χ4n) is 2.08. The number of hydrogen-bond acceptors (Lipinski definition) is 3. The Kier molecular flexibility index (Phi) is 5.74. The van der Waals surface area contributed by atoms with Gasteiger partial charge in [-0.3, -0.25) is 4.98 Å². The van der Waals surface area contributed by atoms with Crippen LogP contribution in [0.1, 0.15) is 30.9 Å². The molecule has 1 unspecified atom stereocenters. The third-order valence-electron chi connectivity index (χ3n) is 2.97. The van der Waals surface area contributed by atoms with E-state index in [9.17, 15) is 5.11 Å². The molecular formula is C12H19ClN2O. The van der Waals surface area contributed by atoms with E-state index in [1.807, 2.05) is 12.1 Å². The summed E-state index contributed by atoms with van der Waals surface area (Å²) in [6.07, 6.45) is 6.96. The molecule has 1 atom stereocenters. The smallest absolute Gasteiger partial charge is 0.0918 e. The van der Waals surface area contributed by atoms with Gasteiger partial charge < -0.3 is 10.0 Å². The van der Waals surface area contributed by atoms with Crippen molar-refractivity contribution >= 4 is 12.4 Å². The number of β-amino-alcohol motifs (C(OH)–C–C–N with tert-alkyl or cyclic N) is 1. The van der Waals surface area contributed by atoms with Crippen molar-refractivity contribution in [3.63, 3.8) is 0 Å². The number of aromatic nitrogens is 1. The van der Waals surface area contributed by atoms with Crippen LogP contribution in [0.5, 0.6) is 0 Å². The van der Waals surface area contributed by atoms with Crippen molar-refractivity contribution in [2.75, 3.05) is 19.6 Å². The van der Waals surface area contributed by atoms with Crippen LogP contribution in [0.25, 0.3) is 0 Å². The van der Waals surface area contributed by atoms with Gasteiger partial charge in [-0.25, -0.2) is 0 Å². The second-order valence-electron chi connectivity index (χ2n) is 4.16. The molecule has 0 aromatic carbocycles. The van der Waals surface area contributed by atoms with Crippen LogP contribution in [-0.2, 0) is 0 Å². The predicted octanol–water partition coefficient (Wildman–Crippen LogP) is 2.02. The lowest BCUT2D eigenvalue weighted by Crippen LogP contribution is -2.33. The molecule has 1 aromatic heterocycles. The fraction of sp³-hybridized carbons (Fsp3) is 0.583. The van der Waals surface area contributed by atoms with Crippen LogP contribution in [0.4, 0.5) is 0 Å². The molecule has 2 heterocycles. The van der Waals surface area contributed by atoms with E-state index in [1.54, 1.807) is 12.4 Å². The van der Waals surface area contributed by atoms with Crippen molar-refractivity contribution in [3.05, 3.63) is 30.1 Å². The first-order valence-corrected chi connectivity index (χ1v) is 5.66. The molecule has 1 N–H and O–H groups in total. The van der Waals surface area contributed by atoms with E-state index in [0.717, 1.165) is 25.2 Å². The number of halogens is 1. The molecule has 1 fully saturated rings. The number of pyridine rings is 1. The zero-order valence-corrected chi connectivity index (χ0v) is 10.2. The standard InChI is InChI=1S/C12H18N2O.ClH/c15-12(11-4-6-13-7-5-11)10-14-8-2-1-3-9-14;/h4-7,12,15H,1-3,8-10H2;1H. The molecule has 0 bridgehead atoms. The van der Waals surface area contributed by atoms with Crippen molar-refractivity contribution in [2.45, 2.75) is 25.4 Å². The zero-order valence-electron chi connectivity index (χ0n) is 9.38. The van der Waals surface area contributed by atoms with E-state index < -0.39 is 0 Å². The molecule has 16 heavy (non-hydrogen) atoms. The van der Waals surface area contributed by atoms with Crippen LogP contribution in [0.15, 0.2) is 24.5 Å². The van der Waals surface area contributed by atoms with E-state index in [0.29, 0.717) is 0 Å². The highest BCUT2D eigenvalue weighted by molar-refractivity contribution is 5.85. The van der Waals surface area contributed by atoms with Gasteiger partial charge in [-0.05, 0) is 43.6 Å². The lowest BCUT2D eigenvalue weighted by atomic mass is 10.1. The van der Waals surface area contributed by atoms with Gasteiger partial charge in [-0.1, -0.05) is 6.42 Å². The van der Waals surface area contributed by atoms with Gasteiger partial charge in [-0.15, -0.1) is 12.4 Å². The molecule has 0 aliphatic carbocycles. The quantitative estimate of drug-likeness (QED) is 0.881. The number of rotatable bonds is 3. The molecule has 0 radical (unpaired) electrons. The first-order chi connectivity index (χ1) is 7.36. The number of nitrogens with zero attached hydrogens (tertiary/aromatic N) is 2. The summed E-state index contributed by atoms with van der Waals surface area (Å²) in [6, 6.07) is 3.77. The molecular weight excluding hydrogens is 224 g/mol. The molecule has 90 valence electrons. The van der Waals surface area contributed by atoms with E-state index in [2.05, 4.69) is 9.88 Å². The molecule has 1 aliphatic heterocycles. The molecule has 2 rings (SSSR count). The topological polar surface area (TPSA) is 36.4 Å². The summed E-state index contributed by atoms with van der Waals surface area (Å²) in [5.74, 6) is 0. The minimum atomic E-state index is -0.369. The van der Waals surface area contributed by atoms with E-state index in [-0.39, 0.29) is 18.5 Å². The zero-order chi connectivity index (χ0) is 10.5. The predicted molar refractivity (Wildman–Crippen MR) is 66.7 cm³/mol. The van der Waals surface area contributed by atoms with Crippen LogP contribution in [0.2, 0.25) is 0 Å². The van der Waals surface area contributed by atoms with Crippen LogP contribution < -0.4 is 0 Å². The highest BCUT2D eigenvalue weighted by atomic mass is 35.5. The lowest BCUT2D eigenvalue weighted by Gasteiger charge is -2.28. The molecule has 4 heteroatoms. The van der Waals surface area contributed by atoms with Crippen molar-refractivity contribution in [1.82, 2.24) is 9.88 Å². The number of likely N-dealkylation sites (tertiary alicyclic amines) is 1. The molecule has 1 aliphatic rings. The number of aliphatic hydroxyl groups excluding tert-OH is 1. The van der Waals surface area contributed by atoms with E-state index >= 15 is 0 Å². The molecule has 0 saturated carbocycles. The molecule has 1 saturated heterocycles. The molecule has 0 amide bonds. The summed E-state index contributed by atoms with van der Waals surface area (Å²) in [7, 11) is 0. The third-order valence-corrected chi connectivity index (χ3v) is 2.97. The van der Waals surface area contributed by atoms with Gasteiger partial charge in [0, 0.05) is 18.9 Å².